The van der Waals surface area contributed by atoms with Crippen molar-refractivity contribution in [1.82, 2.24) is 5.32 Å². The number of benzene rings is 2. The number of nitrogens with one attached hydrogen (secondary N) is 1. The molecule has 2 aromatic rings. The summed E-state index contributed by atoms with van der Waals surface area (Å²) in [6, 6.07) is 16.7. The van der Waals surface area contributed by atoms with E-state index in [1.807, 2.05) is 42.5 Å². The van der Waals surface area contributed by atoms with Crippen molar-refractivity contribution in [2.45, 2.75) is 13.0 Å². The van der Waals surface area contributed by atoms with Crippen molar-refractivity contribution < 1.29 is 9.53 Å². The molecule has 0 aromatic heterocycles. The fraction of sp³-hybridized carbons (Fsp3) is 0.158. The summed E-state index contributed by atoms with van der Waals surface area (Å²) in [6.07, 6.45) is 3.87. The molecule has 0 bridgehead atoms. The molecule has 0 saturated heterocycles. The van der Waals surface area contributed by atoms with E-state index in [1.165, 1.54) is 0 Å². The molecule has 0 radical (unpaired) electrons. The zero-order valence-corrected chi connectivity index (χ0v) is 13.8. The minimum Gasteiger partial charge on any atom is -0.445 e. The highest BCUT2D eigenvalue weighted by Crippen LogP contribution is 2.17. The van der Waals surface area contributed by atoms with E-state index >= 15 is 0 Å². The van der Waals surface area contributed by atoms with Gasteiger partial charge < -0.3 is 10.1 Å². The van der Waals surface area contributed by atoms with Crippen molar-refractivity contribution in [3.05, 3.63) is 76.3 Å². The van der Waals surface area contributed by atoms with Gasteiger partial charge in [-0.05, 0) is 35.7 Å². The van der Waals surface area contributed by atoms with Gasteiger partial charge in [-0.3, -0.25) is 0 Å². The maximum absolute atomic E-state index is 11.6. The van der Waals surface area contributed by atoms with Crippen molar-refractivity contribution >= 4 is 23.8 Å². The van der Waals surface area contributed by atoms with E-state index in [0.717, 1.165) is 11.1 Å². The summed E-state index contributed by atoms with van der Waals surface area (Å²) in [6.45, 7) is 0.698. The first-order valence-corrected chi connectivity index (χ1v) is 7.87. The molecular weight excluding hydrogens is 324 g/mol. The number of hydrogen-bond acceptors (Lipinski definition) is 3. The lowest BCUT2D eigenvalue weighted by molar-refractivity contribution is 0.140. The number of carbonyl (C=O) groups excluding carboxylic acids is 1. The van der Waals surface area contributed by atoms with Gasteiger partial charge in [-0.1, -0.05) is 54.1 Å². The molecule has 4 nitrogen and oxygen atoms in total. The van der Waals surface area contributed by atoms with Crippen LogP contribution in [0, 0.1) is 11.3 Å². The van der Waals surface area contributed by atoms with Gasteiger partial charge in [0.05, 0.1) is 11.6 Å². The van der Waals surface area contributed by atoms with Crippen LogP contribution in [0.15, 0.2) is 54.6 Å². The van der Waals surface area contributed by atoms with Crippen molar-refractivity contribution in [2.75, 3.05) is 6.54 Å². The van der Waals surface area contributed by atoms with Crippen LogP contribution in [0.3, 0.4) is 0 Å². The minimum atomic E-state index is -0.451. The normalized spacial score (nSPS) is 10.3. The number of amides is 1. The number of ether oxygens (including phenoxy) is 1. The molecule has 0 unspecified atom stereocenters. The maximum Gasteiger partial charge on any atom is 0.407 e. The molecule has 2 aromatic carbocycles. The molecule has 5 heteroatoms. The number of nitrogens with zero attached hydrogens (tertiary/aromatic N) is 1. The summed E-state index contributed by atoms with van der Waals surface area (Å²) in [5.74, 6) is 0. The Bertz CT molecular complexity index is 752. The van der Waals surface area contributed by atoms with Gasteiger partial charge in [-0.25, -0.2) is 4.79 Å². The first-order chi connectivity index (χ1) is 11.7. The first kappa shape index (κ1) is 17.6. The van der Waals surface area contributed by atoms with Gasteiger partial charge in [-0.2, -0.15) is 5.26 Å². The van der Waals surface area contributed by atoms with Crippen LogP contribution in [0.2, 0.25) is 5.02 Å². The van der Waals surface area contributed by atoms with Crippen LogP contribution in [-0.2, 0) is 11.3 Å². The van der Waals surface area contributed by atoms with E-state index in [0.29, 0.717) is 23.6 Å². The van der Waals surface area contributed by atoms with Gasteiger partial charge in [0.1, 0.15) is 6.61 Å². The molecule has 0 heterocycles. The van der Waals surface area contributed by atoms with Gasteiger partial charge in [0.25, 0.3) is 0 Å². The van der Waals surface area contributed by atoms with Gasteiger partial charge in [0.2, 0.25) is 0 Å². The van der Waals surface area contributed by atoms with Crippen molar-refractivity contribution in [3.8, 4) is 6.07 Å². The Hall–Kier alpha value is -2.77. The molecular formula is C19H17ClN2O2. The van der Waals surface area contributed by atoms with Crippen molar-refractivity contribution in [2.24, 2.45) is 0 Å². The summed E-state index contributed by atoms with van der Waals surface area (Å²) in [5, 5.41) is 12.3. The minimum absolute atomic E-state index is 0.247. The van der Waals surface area contributed by atoms with E-state index in [4.69, 9.17) is 21.6 Å². The SMILES string of the molecule is N#Cc1ccc(Cl)cc1C=CCCNC(=O)OCc1ccccc1. The van der Waals surface area contributed by atoms with Crippen LogP contribution in [0.25, 0.3) is 6.08 Å². The molecule has 2 rings (SSSR count). The fourth-order valence-electron chi connectivity index (χ4n) is 2.02. The molecule has 0 aliphatic heterocycles. The zero-order chi connectivity index (χ0) is 17.2. The summed E-state index contributed by atoms with van der Waals surface area (Å²) >= 11 is 5.92. The fourth-order valence-corrected chi connectivity index (χ4v) is 2.20. The van der Waals surface area contributed by atoms with Gasteiger partial charge in [-0.15, -0.1) is 0 Å². The van der Waals surface area contributed by atoms with Crippen LogP contribution in [0.4, 0.5) is 4.79 Å². The summed E-state index contributed by atoms with van der Waals surface area (Å²) < 4.78 is 5.11. The molecule has 0 aliphatic carbocycles. The molecule has 0 spiro atoms. The number of hydrogen-bond donors (Lipinski definition) is 1. The smallest absolute Gasteiger partial charge is 0.407 e. The number of rotatable bonds is 6. The van der Waals surface area contributed by atoms with E-state index in [2.05, 4.69) is 11.4 Å². The third kappa shape index (κ3) is 5.79. The Kier molecular flexibility index (Phi) is 6.88. The Labute approximate surface area is 146 Å². The van der Waals surface area contributed by atoms with Crippen LogP contribution in [0.5, 0.6) is 0 Å². The standard InChI is InChI=1S/C19H17ClN2O2/c20-18-10-9-17(13-21)16(12-18)8-4-5-11-22-19(23)24-14-15-6-2-1-3-7-15/h1-4,6-10,12H,5,11,14H2,(H,22,23). The van der Waals surface area contributed by atoms with Crippen molar-refractivity contribution in [3.63, 3.8) is 0 Å². The molecule has 0 fully saturated rings. The number of carbonyl (C=O) groups is 1. The topological polar surface area (TPSA) is 62.1 Å². The first-order valence-electron chi connectivity index (χ1n) is 7.50. The average molecular weight is 341 g/mol. The quantitative estimate of drug-likeness (QED) is 0.785. The van der Waals surface area contributed by atoms with Crippen LogP contribution < -0.4 is 5.32 Å². The molecule has 1 N–H and O–H groups in total. The monoisotopic (exact) mass is 340 g/mol. The zero-order valence-electron chi connectivity index (χ0n) is 13.0. The Morgan fingerprint density at radius 2 is 2.04 bits per heavy atom. The highest BCUT2D eigenvalue weighted by molar-refractivity contribution is 6.30. The number of nitriles is 1. The highest BCUT2D eigenvalue weighted by atomic mass is 35.5. The molecule has 0 aliphatic rings. The second-order valence-electron chi connectivity index (χ2n) is 5.02. The lowest BCUT2D eigenvalue weighted by Gasteiger charge is -2.06. The van der Waals surface area contributed by atoms with E-state index in [-0.39, 0.29) is 6.61 Å². The second kappa shape index (κ2) is 9.39. The van der Waals surface area contributed by atoms with Crippen LogP contribution in [-0.4, -0.2) is 12.6 Å². The number of alkyl carbamates (subject to hydrolysis) is 1. The van der Waals surface area contributed by atoms with Crippen LogP contribution in [0.1, 0.15) is 23.1 Å². The van der Waals surface area contributed by atoms with Gasteiger partial charge in [0.15, 0.2) is 0 Å². The predicted molar refractivity (Wildman–Crippen MR) is 94.4 cm³/mol. The Morgan fingerprint density at radius 1 is 1.25 bits per heavy atom. The largest absolute Gasteiger partial charge is 0.445 e. The number of halogens is 1. The predicted octanol–water partition coefficient (Wildman–Crippen LogP) is 4.54. The Balaban J connectivity index is 1.72. The average Bonchev–Trinajstić information content (AvgIpc) is 2.61. The van der Waals surface area contributed by atoms with E-state index in [9.17, 15) is 4.79 Å². The lowest BCUT2D eigenvalue weighted by Crippen LogP contribution is -2.24. The van der Waals surface area contributed by atoms with Gasteiger partial charge in [0, 0.05) is 11.6 Å². The lowest BCUT2D eigenvalue weighted by atomic mass is 10.1. The van der Waals surface area contributed by atoms with Crippen molar-refractivity contribution in [1.29, 1.82) is 5.26 Å². The van der Waals surface area contributed by atoms with E-state index in [1.54, 1.807) is 18.2 Å². The molecule has 24 heavy (non-hydrogen) atoms. The Morgan fingerprint density at radius 3 is 2.79 bits per heavy atom. The second-order valence-corrected chi connectivity index (χ2v) is 5.46. The maximum atomic E-state index is 11.6. The third-order valence-electron chi connectivity index (χ3n) is 3.22. The molecule has 0 atom stereocenters. The van der Waals surface area contributed by atoms with Crippen LogP contribution >= 0.6 is 11.6 Å². The van der Waals surface area contributed by atoms with E-state index < -0.39 is 6.09 Å². The summed E-state index contributed by atoms with van der Waals surface area (Å²) in [5.41, 5.74) is 2.26. The molecule has 0 saturated carbocycles. The summed E-state index contributed by atoms with van der Waals surface area (Å²) in [4.78, 5) is 11.6. The molecule has 122 valence electrons. The highest BCUT2D eigenvalue weighted by Gasteiger charge is 2.01. The molecule has 1 amide bonds. The summed E-state index contributed by atoms with van der Waals surface area (Å²) in [7, 11) is 0. The third-order valence-corrected chi connectivity index (χ3v) is 3.46. The van der Waals surface area contributed by atoms with Gasteiger partial charge >= 0.3 is 6.09 Å².